The van der Waals surface area contributed by atoms with Crippen LogP contribution in [0.15, 0.2) is 24.3 Å². The van der Waals surface area contributed by atoms with Crippen molar-refractivity contribution in [1.29, 1.82) is 0 Å². The number of ether oxygens (including phenoxy) is 1. The van der Waals surface area contributed by atoms with E-state index >= 15 is 0 Å². The van der Waals surface area contributed by atoms with Crippen molar-refractivity contribution < 1.29 is 9.53 Å². The van der Waals surface area contributed by atoms with Gasteiger partial charge in [0.05, 0.1) is 6.61 Å². The monoisotopic (exact) mass is 258 g/mol. The second kappa shape index (κ2) is 4.66. The van der Waals surface area contributed by atoms with Crippen LogP contribution >= 0.6 is 0 Å². The van der Waals surface area contributed by atoms with Crippen LogP contribution in [0.2, 0.25) is 0 Å². The lowest BCUT2D eigenvalue weighted by atomic mass is 9.73. The highest BCUT2D eigenvalue weighted by Gasteiger charge is 2.42. The van der Waals surface area contributed by atoms with Crippen LogP contribution in [0.5, 0.6) is 5.75 Å². The summed E-state index contributed by atoms with van der Waals surface area (Å²) in [6.45, 7) is 5.15. The maximum Gasteiger partial charge on any atom is 0.144 e. The number of rotatable bonds is 2. The molecule has 0 saturated heterocycles. The molecular formula is C17H22O2. The van der Waals surface area contributed by atoms with E-state index in [-0.39, 0.29) is 17.3 Å². The molecule has 1 aliphatic carbocycles. The smallest absolute Gasteiger partial charge is 0.144 e. The highest BCUT2D eigenvalue weighted by atomic mass is 16.5. The molecule has 0 radical (unpaired) electrons. The SMILES string of the molecule is CC1(C)CCCC1C(=O)C1CCOc2ccccc21. The zero-order valence-corrected chi connectivity index (χ0v) is 11.8. The molecule has 1 saturated carbocycles. The fraction of sp³-hybridized carbons (Fsp3) is 0.588. The molecule has 0 amide bonds. The number of benzene rings is 1. The van der Waals surface area contributed by atoms with Crippen molar-refractivity contribution in [1.82, 2.24) is 0 Å². The van der Waals surface area contributed by atoms with Crippen LogP contribution in [-0.2, 0) is 4.79 Å². The van der Waals surface area contributed by atoms with Gasteiger partial charge in [-0.1, -0.05) is 38.5 Å². The molecule has 19 heavy (non-hydrogen) atoms. The quantitative estimate of drug-likeness (QED) is 0.803. The van der Waals surface area contributed by atoms with Crippen molar-refractivity contribution in [2.24, 2.45) is 11.3 Å². The lowest BCUT2D eigenvalue weighted by Gasteiger charge is -2.32. The van der Waals surface area contributed by atoms with E-state index in [0.717, 1.165) is 24.2 Å². The Hall–Kier alpha value is -1.31. The summed E-state index contributed by atoms with van der Waals surface area (Å²) in [5.74, 6) is 1.62. The van der Waals surface area contributed by atoms with Crippen LogP contribution in [0, 0.1) is 11.3 Å². The number of hydrogen-bond acceptors (Lipinski definition) is 2. The number of para-hydroxylation sites is 1. The second-order valence-corrected chi connectivity index (χ2v) is 6.56. The number of fused-ring (bicyclic) bond motifs is 1. The molecule has 2 aliphatic rings. The van der Waals surface area contributed by atoms with Gasteiger partial charge in [0.25, 0.3) is 0 Å². The van der Waals surface area contributed by atoms with Gasteiger partial charge in [0.2, 0.25) is 0 Å². The second-order valence-electron chi connectivity index (χ2n) is 6.56. The summed E-state index contributed by atoms with van der Waals surface area (Å²) in [7, 11) is 0. The zero-order chi connectivity index (χ0) is 13.5. The predicted octanol–water partition coefficient (Wildman–Crippen LogP) is 3.95. The van der Waals surface area contributed by atoms with E-state index in [0.29, 0.717) is 12.4 Å². The van der Waals surface area contributed by atoms with Crippen LogP contribution in [0.1, 0.15) is 51.0 Å². The van der Waals surface area contributed by atoms with Crippen molar-refractivity contribution in [3.05, 3.63) is 29.8 Å². The third kappa shape index (κ3) is 2.18. The molecule has 1 aromatic rings. The molecule has 2 heteroatoms. The van der Waals surface area contributed by atoms with Crippen LogP contribution in [0.4, 0.5) is 0 Å². The number of hydrogen-bond donors (Lipinski definition) is 0. The largest absolute Gasteiger partial charge is 0.493 e. The molecular weight excluding hydrogens is 236 g/mol. The zero-order valence-electron chi connectivity index (χ0n) is 11.8. The summed E-state index contributed by atoms with van der Waals surface area (Å²) >= 11 is 0. The van der Waals surface area contributed by atoms with Gasteiger partial charge >= 0.3 is 0 Å². The van der Waals surface area contributed by atoms with Gasteiger partial charge in [-0.15, -0.1) is 0 Å². The Morgan fingerprint density at radius 3 is 2.79 bits per heavy atom. The fourth-order valence-corrected chi connectivity index (χ4v) is 3.73. The lowest BCUT2D eigenvalue weighted by Crippen LogP contribution is -2.32. The summed E-state index contributed by atoms with van der Waals surface area (Å²) in [5, 5.41) is 0. The Labute approximate surface area is 115 Å². The summed E-state index contributed by atoms with van der Waals surface area (Å²) in [4.78, 5) is 12.9. The van der Waals surface area contributed by atoms with Crippen LogP contribution in [0.25, 0.3) is 0 Å². The van der Waals surface area contributed by atoms with Crippen molar-refractivity contribution in [2.45, 2.75) is 45.4 Å². The molecule has 2 atom stereocenters. The minimum Gasteiger partial charge on any atom is -0.493 e. The average molecular weight is 258 g/mol. The molecule has 1 fully saturated rings. The minimum absolute atomic E-state index is 0.0484. The highest BCUT2D eigenvalue weighted by molar-refractivity contribution is 5.89. The van der Waals surface area contributed by atoms with E-state index in [4.69, 9.17) is 4.74 Å². The lowest BCUT2D eigenvalue weighted by molar-refractivity contribution is -0.127. The Kier molecular flexibility index (Phi) is 3.12. The van der Waals surface area contributed by atoms with E-state index in [1.54, 1.807) is 0 Å². The van der Waals surface area contributed by atoms with Gasteiger partial charge in [-0.05, 0) is 30.7 Å². The first-order valence-electron chi connectivity index (χ1n) is 7.35. The number of carbonyl (C=O) groups is 1. The predicted molar refractivity (Wildman–Crippen MR) is 75.4 cm³/mol. The van der Waals surface area contributed by atoms with Crippen LogP contribution < -0.4 is 4.74 Å². The maximum absolute atomic E-state index is 12.9. The molecule has 0 aromatic heterocycles. The molecule has 2 unspecified atom stereocenters. The standard InChI is InChI=1S/C17H22O2/c1-17(2)10-5-7-14(17)16(18)13-9-11-19-15-8-4-3-6-12(13)15/h3-4,6,8,13-14H,5,7,9-11H2,1-2H3. The number of carbonyl (C=O) groups excluding carboxylic acids is 1. The van der Waals surface area contributed by atoms with Crippen LogP contribution in [-0.4, -0.2) is 12.4 Å². The third-order valence-corrected chi connectivity index (χ3v) is 4.90. The molecule has 2 nitrogen and oxygen atoms in total. The molecule has 0 bridgehead atoms. The van der Waals surface area contributed by atoms with Gasteiger partial charge in [0.15, 0.2) is 0 Å². The number of Topliss-reactive ketones (excluding diaryl/α,β-unsaturated/α-hetero) is 1. The van der Waals surface area contributed by atoms with E-state index in [1.807, 2.05) is 18.2 Å². The Morgan fingerprint density at radius 2 is 2.05 bits per heavy atom. The first kappa shape index (κ1) is 12.7. The van der Waals surface area contributed by atoms with Gasteiger partial charge in [-0.3, -0.25) is 4.79 Å². The van der Waals surface area contributed by atoms with Gasteiger partial charge in [-0.2, -0.15) is 0 Å². The Bertz CT molecular complexity index is 490. The van der Waals surface area contributed by atoms with Gasteiger partial charge in [0, 0.05) is 17.4 Å². The Morgan fingerprint density at radius 1 is 1.26 bits per heavy atom. The average Bonchev–Trinajstić information content (AvgIpc) is 2.77. The Balaban J connectivity index is 1.89. The molecule has 1 aromatic carbocycles. The van der Waals surface area contributed by atoms with Crippen molar-refractivity contribution in [3.63, 3.8) is 0 Å². The van der Waals surface area contributed by atoms with Crippen molar-refractivity contribution in [3.8, 4) is 5.75 Å². The fourth-order valence-electron chi connectivity index (χ4n) is 3.73. The third-order valence-electron chi connectivity index (χ3n) is 4.90. The normalized spacial score (nSPS) is 28.5. The number of ketones is 1. The molecule has 102 valence electrons. The molecule has 0 spiro atoms. The van der Waals surface area contributed by atoms with Gasteiger partial charge in [-0.25, -0.2) is 0 Å². The van der Waals surface area contributed by atoms with E-state index in [9.17, 15) is 4.79 Å². The topological polar surface area (TPSA) is 26.3 Å². The molecule has 3 rings (SSSR count). The molecule has 0 N–H and O–H groups in total. The highest BCUT2D eigenvalue weighted by Crippen LogP contribution is 2.47. The summed E-state index contributed by atoms with van der Waals surface area (Å²) < 4.78 is 5.67. The molecule has 1 heterocycles. The minimum atomic E-state index is 0.0484. The maximum atomic E-state index is 12.9. The van der Waals surface area contributed by atoms with Gasteiger partial charge < -0.3 is 4.74 Å². The molecule has 1 aliphatic heterocycles. The summed E-state index contributed by atoms with van der Waals surface area (Å²) in [6, 6.07) is 8.02. The van der Waals surface area contributed by atoms with Crippen molar-refractivity contribution >= 4 is 5.78 Å². The first-order valence-corrected chi connectivity index (χ1v) is 7.35. The first-order chi connectivity index (χ1) is 9.09. The van der Waals surface area contributed by atoms with Crippen LogP contribution in [0.3, 0.4) is 0 Å². The van der Waals surface area contributed by atoms with E-state index < -0.39 is 0 Å². The summed E-state index contributed by atoms with van der Waals surface area (Å²) in [5.41, 5.74) is 1.27. The van der Waals surface area contributed by atoms with Gasteiger partial charge in [0.1, 0.15) is 11.5 Å². The van der Waals surface area contributed by atoms with E-state index in [2.05, 4.69) is 19.9 Å². The summed E-state index contributed by atoms with van der Waals surface area (Å²) in [6.07, 6.45) is 4.26. The van der Waals surface area contributed by atoms with E-state index in [1.165, 1.54) is 12.8 Å². The van der Waals surface area contributed by atoms with Crippen molar-refractivity contribution in [2.75, 3.05) is 6.61 Å².